The van der Waals surface area contributed by atoms with Crippen LogP contribution in [0.4, 0.5) is 0 Å². The van der Waals surface area contributed by atoms with E-state index < -0.39 is 0 Å². The molecular weight excluding hydrogens is 386 g/mol. The predicted molar refractivity (Wildman–Crippen MR) is 102 cm³/mol. The van der Waals surface area contributed by atoms with Gasteiger partial charge in [0.05, 0.1) is 18.5 Å². The van der Waals surface area contributed by atoms with E-state index in [4.69, 9.17) is 20.8 Å². The fourth-order valence-electron chi connectivity index (χ4n) is 2.39. The molecule has 0 N–H and O–H groups in total. The molecule has 2 aromatic heterocycles. The number of hydrogen-bond donors (Lipinski definition) is 0. The quantitative estimate of drug-likeness (QED) is 0.448. The average molecular weight is 400 g/mol. The van der Waals surface area contributed by atoms with Crippen LogP contribution in [-0.4, -0.2) is 32.3 Å². The lowest BCUT2D eigenvalue weighted by Crippen LogP contribution is -1.99. The van der Waals surface area contributed by atoms with Gasteiger partial charge in [0.15, 0.2) is 0 Å². The van der Waals surface area contributed by atoms with Crippen LogP contribution < -0.4 is 4.74 Å². The molecule has 0 aliphatic rings. The first-order chi connectivity index (χ1) is 13.2. The first-order valence-electron chi connectivity index (χ1n) is 7.99. The summed E-state index contributed by atoms with van der Waals surface area (Å²) >= 11 is 7.39. The average Bonchev–Trinajstić information content (AvgIpc) is 3.36. The van der Waals surface area contributed by atoms with Crippen LogP contribution in [0.1, 0.15) is 5.69 Å². The Kier molecular flexibility index (Phi) is 5.08. The minimum Gasteiger partial charge on any atom is -0.497 e. The summed E-state index contributed by atoms with van der Waals surface area (Å²) in [6.45, 7) is 0. The minimum absolute atomic E-state index is 0.553. The van der Waals surface area contributed by atoms with Crippen LogP contribution in [0.2, 0.25) is 5.02 Å². The summed E-state index contributed by atoms with van der Waals surface area (Å²) in [7, 11) is 1.63. The number of methoxy groups -OCH3 is 1. The van der Waals surface area contributed by atoms with Gasteiger partial charge in [-0.1, -0.05) is 23.4 Å². The summed E-state index contributed by atoms with van der Waals surface area (Å²) in [5, 5.41) is 13.2. The molecule has 0 bridgehead atoms. The smallest absolute Gasteiger partial charge is 0.226 e. The SMILES string of the molecule is COc1ccc(-n2nnnc2SCc2coc(-c3ccc(Cl)cc3)n2)cc1. The van der Waals surface area contributed by atoms with Crippen LogP contribution in [0, 0.1) is 0 Å². The van der Waals surface area contributed by atoms with Gasteiger partial charge in [0.1, 0.15) is 12.0 Å². The Morgan fingerprint density at radius 3 is 2.63 bits per heavy atom. The third kappa shape index (κ3) is 3.96. The number of thioether (sulfide) groups is 1. The van der Waals surface area contributed by atoms with E-state index in [1.54, 1.807) is 30.2 Å². The third-order valence-electron chi connectivity index (χ3n) is 3.75. The van der Waals surface area contributed by atoms with Gasteiger partial charge in [0.25, 0.3) is 0 Å². The molecule has 0 saturated carbocycles. The molecule has 0 amide bonds. The Labute approximate surface area is 164 Å². The van der Waals surface area contributed by atoms with E-state index in [2.05, 4.69) is 20.5 Å². The van der Waals surface area contributed by atoms with Gasteiger partial charge in [-0.05, 0) is 59.0 Å². The van der Waals surface area contributed by atoms with Crippen molar-refractivity contribution >= 4 is 23.4 Å². The molecule has 27 heavy (non-hydrogen) atoms. The molecule has 0 aliphatic heterocycles. The van der Waals surface area contributed by atoms with Crippen LogP contribution in [0.5, 0.6) is 5.75 Å². The summed E-state index contributed by atoms with van der Waals surface area (Å²) < 4.78 is 12.4. The van der Waals surface area contributed by atoms with E-state index in [9.17, 15) is 0 Å². The van der Waals surface area contributed by atoms with E-state index in [0.29, 0.717) is 21.8 Å². The summed E-state index contributed by atoms with van der Waals surface area (Å²) in [6.07, 6.45) is 1.64. The predicted octanol–water partition coefficient (Wildman–Crippen LogP) is 4.27. The summed E-state index contributed by atoms with van der Waals surface area (Å²) in [4.78, 5) is 4.51. The number of ether oxygens (including phenoxy) is 1. The van der Waals surface area contributed by atoms with E-state index in [0.717, 1.165) is 22.7 Å². The Hall–Kier alpha value is -2.84. The van der Waals surface area contributed by atoms with E-state index in [1.807, 2.05) is 36.4 Å². The minimum atomic E-state index is 0.553. The molecule has 9 heteroatoms. The molecule has 7 nitrogen and oxygen atoms in total. The maximum atomic E-state index is 5.91. The Morgan fingerprint density at radius 1 is 1.11 bits per heavy atom. The van der Waals surface area contributed by atoms with Crippen molar-refractivity contribution in [2.45, 2.75) is 10.9 Å². The van der Waals surface area contributed by atoms with Crippen LogP contribution >= 0.6 is 23.4 Å². The summed E-state index contributed by atoms with van der Waals surface area (Å²) in [5.74, 6) is 1.91. The number of aromatic nitrogens is 5. The number of nitrogens with zero attached hydrogens (tertiary/aromatic N) is 5. The Balaban J connectivity index is 1.47. The van der Waals surface area contributed by atoms with Gasteiger partial charge in [-0.2, -0.15) is 4.68 Å². The van der Waals surface area contributed by atoms with Crippen LogP contribution in [0.15, 0.2) is 64.4 Å². The van der Waals surface area contributed by atoms with E-state index in [-0.39, 0.29) is 0 Å². The molecule has 2 aromatic carbocycles. The molecule has 0 aliphatic carbocycles. The van der Waals surface area contributed by atoms with Crippen molar-refractivity contribution in [1.29, 1.82) is 0 Å². The highest BCUT2D eigenvalue weighted by molar-refractivity contribution is 7.98. The largest absolute Gasteiger partial charge is 0.497 e. The topological polar surface area (TPSA) is 78.9 Å². The second kappa shape index (κ2) is 7.81. The van der Waals surface area contributed by atoms with Crippen molar-refractivity contribution in [3.05, 3.63) is 65.5 Å². The highest BCUT2D eigenvalue weighted by Crippen LogP contribution is 2.26. The molecule has 0 unspecified atom stereocenters. The Morgan fingerprint density at radius 2 is 1.89 bits per heavy atom. The standard InChI is InChI=1S/C18H14ClN5O2S/c1-25-16-8-6-15(7-9-16)24-18(21-22-23-24)27-11-14-10-26-17(20-14)12-2-4-13(19)5-3-12/h2-10H,11H2,1H3. The summed E-state index contributed by atoms with van der Waals surface area (Å²) in [5.41, 5.74) is 2.53. The molecule has 136 valence electrons. The zero-order valence-corrected chi connectivity index (χ0v) is 15.8. The molecule has 2 heterocycles. The van der Waals surface area contributed by atoms with Gasteiger partial charge in [-0.15, -0.1) is 5.10 Å². The molecule has 0 atom stereocenters. The van der Waals surface area contributed by atoms with Crippen LogP contribution in [0.3, 0.4) is 0 Å². The van der Waals surface area contributed by atoms with Gasteiger partial charge < -0.3 is 9.15 Å². The first kappa shape index (κ1) is 17.6. The van der Waals surface area contributed by atoms with Crippen molar-refractivity contribution in [1.82, 2.24) is 25.2 Å². The molecule has 0 spiro atoms. The van der Waals surface area contributed by atoms with Crippen molar-refractivity contribution in [3.63, 3.8) is 0 Å². The van der Waals surface area contributed by atoms with Gasteiger partial charge in [-0.3, -0.25) is 0 Å². The highest BCUT2D eigenvalue weighted by Gasteiger charge is 2.12. The molecular formula is C18H14ClN5O2S. The fraction of sp³-hybridized carbons (Fsp3) is 0.111. The molecule has 0 fully saturated rings. The van der Waals surface area contributed by atoms with Gasteiger partial charge >= 0.3 is 0 Å². The van der Waals surface area contributed by atoms with E-state index >= 15 is 0 Å². The third-order valence-corrected chi connectivity index (χ3v) is 4.95. The Bertz CT molecular complexity index is 1030. The number of tetrazole rings is 1. The second-order valence-electron chi connectivity index (χ2n) is 5.51. The van der Waals surface area contributed by atoms with Crippen LogP contribution in [-0.2, 0) is 5.75 Å². The molecule has 0 radical (unpaired) electrons. The number of benzene rings is 2. The van der Waals surface area contributed by atoms with Gasteiger partial charge in [0.2, 0.25) is 11.0 Å². The lowest BCUT2D eigenvalue weighted by Gasteiger charge is -2.04. The maximum Gasteiger partial charge on any atom is 0.226 e. The van der Waals surface area contributed by atoms with Crippen molar-refractivity contribution in [2.24, 2.45) is 0 Å². The zero-order valence-electron chi connectivity index (χ0n) is 14.2. The lowest BCUT2D eigenvalue weighted by atomic mass is 10.2. The van der Waals surface area contributed by atoms with Crippen molar-refractivity contribution < 1.29 is 9.15 Å². The molecule has 4 aromatic rings. The van der Waals surface area contributed by atoms with Crippen molar-refractivity contribution in [2.75, 3.05) is 7.11 Å². The lowest BCUT2D eigenvalue weighted by molar-refractivity contribution is 0.414. The fourth-order valence-corrected chi connectivity index (χ4v) is 3.29. The summed E-state index contributed by atoms with van der Waals surface area (Å²) in [6, 6.07) is 14.9. The highest BCUT2D eigenvalue weighted by atomic mass is 35.5. The number of oxazole rings is 1. The normalized spacial score (nSPS) is 10.9. The van der Waals surface area contributed by atoms with Gasteiger partial charge in [-0.25, -0.2) is 4.98 Å². The number of hydrogen-bond acceptors (Lipinski definition) is 7. The van der Waals surface area contributed by atoms with Crippen molar-refractivity contribution in [3.8, 4) is 22.9 Å². The second-order valence-corrected chi connectivity index (χ2v) is 6.89. The zero-order chi connectivity index (χ0) is 18.6. The monoisotopic (exact) mass is 399 g/mol. The van der Waals surface area contributed by atoms with Crippen LogP contribution in [0.25, 0.3) is 17.1 Å². The molecule has 0 saturated heterocycles. The first-order valence-corrected chi connectivity index (χ1v) is 9.35. The number of halogens is 1. The maximum absolute atomic E-state index is 5.91. The van der Waals surface area contributed by atoms with Gasteiger partial charge in [0, 0.05) is 16.3 Å². The number of rotatable bonds is 6. The van der Waals surface area contributed by atoms with E-state index in [1.165, 1.54) is 11.8 Å². The molecule has 4 rings (SSSR count).